The highest BCUT2D eigenvalue weighted by Gasteiger charge is 2.63. The molecule has 134 valence electrons. The van der Waals surface area contributed by atoms with Gasteiger partial charge in [-0.2, -0.15) is 0 Å². The molecule has 4 bridgehead atoms. The Morgan fingerprint density at radius 2 is 1.43 bits per heavy atom. The lowest BCUT2D eigenvalue weighted by Gasteiger charge is -2.40. The average Bonchev–Trinajstić information content (AvgIpc) is 2.92. The minimum atomic E-state index is 0.440. The first-order chi connectivity index (χ1) is 11.3. The summed E-state index contributed by atoms with van der Waals surface area (Å²) < 4.78 is 11.2. The van der Waals surface area contributed by atoms with Crippen LogP contribution in [0.15, 0.2) is 0 Å². The topological polar surface area (TPSA) is 21.8 Å². The number of fused-ring (bicyclic) bond motifs is 9. The van der Waals surface area contributed by atoms with Crippen LogP contribution in [0.25, 0.3) is 0 Å². The van der Waals surface area contributed by atoms with Gasteiger partial charge in [0, 0.05) is 6.61 Å². The molecule has 1 saturated heterocycles. The highest BCUT2D eigenvalue weighted by Crippen LogP contribution is 2.69. The van der Waals surface area contributed by atoms with Crippen molar-refractivity contribution >= 4 is 0 Å². The van der Waals surface area contributed by atoms with E-state index in [1.54, 1.807) is 19.3 Å². The zero-order valence-electron chi connectivity index (χ0n) is 16.0. The Morgan fingerprint density at radius 1 is 0.826 bits per heavy atom. The molecule has 0 spiro atoms. The minimum Gasteiger partial charge on any atom is -0.378 e. The van der Waals surface area contributed by atoms with Crippen LogP contribution in [0, 0.1) is 47.3 Å². The van der Waals surface area contributed by atoms with E-state index in [-0.39, 0.29) is 0 Å². The Kier molecular flexibility index (Phi) is 5.73. The third-order valence-electron chi connectivity index (χ3n) is 7.33. The Labute approximate surface area is 143 Å². The van der Waals surface area contributed by atoms with E-state index < -0.39 is 0 Å². The summed E-state index contributed by atoms with van der Waals surface area (Å²) in [5.74, 6) is 8.44. The van der Waals surface area contributed by atoms with Crippen LogP contribution in [0.3, 0.4) is 0 Å². The van der Waals surface area contributed by atoms with Gasteiger partial charge in [0.1, 0.15) is 6.10 Å². The molecule has 1 aliphatic heterocycles. The zero-order chi connectivity index (χ0) is 16.6. The van der Waals surface area contributed by atoms with Gasteiger partial charge < -0.3 is 9.47 Å². The standard InChI is InChI=1S/C17H26O2.2C2H6/c1-9-2-10-4-14(9)16-11-3-12(15(5-11)17(10)16)6-18-7-13-8-19-13;2*1-2/h9-17H,2-8H2,1H3;2*1-2H3. The molecule has 23 heavy (non-hydrogen) atoms. The van der Waals surface area contributed by atoms with Gasteiger partial charge in [-0.25, -0.2) is 0 Å². The van der Waals surface area contributed by atoms with Gasteiger partial charge in [-0.3, -0.25) is 0 Å². The number of hydrogen-bond donors (Lipinski definition) is 0. The number of hydrogen-bond acceptors (Lipinski definition) is 2. The Morgan fingerprint density at radius 3 is 2.13 bits per heavy atom. The predicted molar refractivity (Wildman–Crippen MR) is 95.3 cm³/mol. The van der Waals surface area contributed by atoms with Crippen molar-refractivity contribution in [2.75, 3.05) is 19.8 Å². The Bertz CT molecular complexity index is 378. The van der Waals surface area contributed by atoms with Crippen molar-refractivity contribution in [1.82, 2.24) is 0 Å². The first kappa shape index (κ1) is 17.7. The molecule has 0 aromatic rings. The van der Waals surface area contributed by atoms with Gasteiger partial charge in [0.15, 0.2) is 0 Å². The fourth-order valence-electron chi connectivity index (χ4n) is 6.77. The normalized spacial score (nSPS) is 50.7. The zero-order valence-corrected chi connectivity index (χ0v) is 16.0. The van der Waals surface area contributed by atoms with Crippen LogP contribution in [0.5, 0.6) is 0 Å². The average molecular weight is 323 g/mol. The van der Waals surface area contributed by atoms with Crippen molar-refractivity contribution in [3.8, 4) is 0 Å². The summed E-state index contributed by atoms with van der Waals surface area (Å²) in [5.41, 5.74) is 0. The minimum absolute atomic E-state index is 0.440. The van der Waals surface area contributed by atoms with E-state index in [4.69, 9.17) is 9.47 Å². The Hall–Kier alpha value is -0.0800. The van der Waals surface area contributed by atoms with Crippen LogP contribution < -0.4 is 0 Å². The quantitative estimate of drug-likeness (QED) is 0.535. The molecular weight excluding hydrogens is 284 g/mol. The number of ether oxygens (including phenoxy) is 2. The van der Waals surface area contributed by atoms with Crippen molar-refractivity contribution < 1.29 is 9.47 Å². The van der Waals surface area contributed by atoms with Crippen LogP contribution in [0.2, 0.25) is 0 Å². The smallest absolute Gasteiger partial charge is 0.104 e. The molecule has 4 aliphatic carbocycles. The number of rotatable bonds is 4. The van der Waals surface area contributed by atoms with Crippen LogP contribution in [-0.2, 0) is 9.47 Å². The van der Waals surface area contributed by atoms with E-state index in [2.05, 4.69) is 6.92 Å². The van der Waals surface area contributed by atoms with Crippen molar-refractivity contribution in [1.29, 1.82) is 0 Å². The van der Waals surface area contributed by atoms with E-state index in [0.29, 0.717) is 6.10 Å². The van der Waals surface area contributed by atoms with Gasteiger partial charge in [0.2, 0.25) is 0 Å². The van der Waals surface area contributed by atoms with Crippen molar-refractivity contribution in [2.24, 2.45) is 47.3 Å². The summed E-state index contributed by atoms with van der Waals surface area (Å²) in [4.78, 5) is 0. The summed E-state index contributed by atoms with van der Waals surface area (Å²) in [6.45, 7) is 13.3. The van der Waals surface area contributed by atoms with E-state index in [1.165, 1.54) is 6.42 Å². The maximum absolute atomic E-state index is 5.92. The molecule has 0 radical (unpaired) electrons. The largest absolute Gasteiger partial charge is 0.378 e. The molecule has 4 saturated carbocycles. The fourth-order valence-corrected chi connectivity index (χ4v) is 6.77. The molecule has 0 aromatic carbocycles. The molecule has 1 heterocycles. The lowest BCUT2D eigenvalue weighted by Crippen LogP contribution is -2.36. The van der Waals surface area contributed by atoms with Crippen molar-refractivity contribution in [3.05, 3.63) is 0 Å². The van der Waals surface area contributed by atoms with Gasteiger partial charge in [0.25, 0.3) is 0 Å². The van der Waals surface area contributed by atoms with E-state index in [9.17, 15) is 0 Å². The molecule has 9 atom stereocenters. The van der Waals surface area contributed by atoms with Crippen LogP contribution >= 0.6 is 0 Å². The SMILES string of the molecule is CC.CC.CC1CC2CC1C1C3CC(COCC4CO4)C(C3)C21. The van der Waals surface area contributed by atoms with Gasteiger partial charge in [0.05, 0.1) is 13.2 Å². The number of epoxide rings is 1. The first-order valence-electron chi connectivity index (χ1n) is 10.5. The summed E-state index contributed by atoms with van der Waals surface area (Å²) in [5, 5.41) is 0. The second-order valence-electron chi connectivity index (χ2n) is 8.18. The van der Waals surface area contributed by atoms with E-state index in [0.717, 1.165) is 67.2 Å². The van der Waals surface area contributed by atoms with Gasteiger partial charge >= 0.3 is 0 Å². The summed E-state index contributed by atoms with van der Waals surface area (Å²) in [7, 11) is 0. The summed E-state index contributed by atoms with van der Waals surface area (Å²) in [6, 6.07) is 0. The lowest BCUT2D eigenvalue weighted by atomic mass is 9.65. The molecule has 9 unspecified atom stereocenters. The van der Waals surface area contributed by atoms with Crippen LogP contribution in [0.1, 0.15) is 60.3 Å². The van der Waals surface area contributed by atoms with Crippen LogP contribution in [0.4, 0.5) is 0 Å². The maximum Gasteiger partial charge on any atom is 0.104 e. The molecule has 2 nitrogen and oxygen atoms in total. The van der Waals surface area contributed by atoms with E-state index >= 15 is 0 Å². The monoisotopic (exact) mass is 322 g/mol. The maximum atomic E-state index is 5.92. The molecule has 5 fully saturated rings. The molecule has 2 heteroatoms. The second kappa shape index (κ2) is 7.44. The first-order valence-corrected chi connectivity index (χ1v) is 10.5. The van der Waals surface area contributed by atoms with Gasteiger partial charge in [-0.05, 0) is 73.0 Å². The molecular formula is C21H38O2. The lowest BCUT2D eigenvalue weighted by molar-refractivity contribution is 0.0207. The van der Waals surface area contributed by atoms with Gasteiger partial charge in [-0.1, -0.05) is 34.6 Å². The highest BCUT2D eigenvalue weighted by atomic mass is 16.6. The van der Waals surface area contributed by atoms with Crippen LogP contribution in [-0.4, -0.2) is 25.9 Å². The highest BCUT2D eigenvalue weighted by molar-refractivity contribution is 5.12. The molecule has 0 amide bonds. The molecule has 0 N–H and O–H groups in total. The van der Waals surface area contributed by atoms with Gasteiger partial charge in [-0.15, -0.1) is 0 Å². The molecule has 5 rings (SSSR count). The van der Waals surface area contributed by atoms with Crippen molar-refractivity contribution in [3.63, 3.8) is 0 Å². The molecule has 5 aliphatic rings. The predicted octanol–water partition coefficient (Wildman–Crippen LogP) is 5.02. The summed E-state index contributed by atoms with van der Waals surface area (Å²) in [6.07, 6.45) is 6.58. The van der Waals surface area contributed by atoms with Crippen molar-refractivity contribution in [2.45, 2.75) is 66.4 Å². The Balaban J connectivity index is 0.000000365. The third kappa shape index (κ3) is 3.11. The molecule has 0 aromatic heterocycles. The second-order valence-corrected chi connectivity index (χ2v) is 8.18. The van der Waals surface area contributed by atoms with E-state index in [1.807, 2.05) is 27.7 Å². The summed E-state index contributed by atoms with van der Waals surface area (Å²) >= 11 is 0. The fraction of sp³-hybridized carbons (Fsp3) is 1.00. The third-order valence-corrected chi connectivity index (χ3v) is 7.33.